The molecule has 16 heavy (non-hydrogen) atoms. The molecule has 0 aliphatic heterocycles. The van der Waals surface area contributed by atoms with Gasteiger partial charge in [0.25, 0.3) is 0 Å². The Morgan fingerprint density at radius 1 is 1.19 bits per heavy atom. The predicted molar refractivity (Wildman–Crippen MR) is 66.3 cm³/mol. The normalized spacial score (nSPS) is 9.31. The van der Waals surface area contributed by atoms with Gasteiger partial charge in [-0.3, -0.25) is 4.98 Å². The molecule has 2 aromatic rings. The van der Waals surface area contributed by atoms with Gasteiger partial charge in [-0.15, -0.1) is 0 Å². The number of benzene rings is 1. The second-order valence-electron chi connectivity index (χ2n) is 3.35. The summed E-state index contributed by atoms with van der Waals surface area (Å²) in [7, 11) is 0. The maximum absolute atomic E-state index is 5.86. The van der Waals surface area contributed by atoms with Crippen LogP contribution in [0.15, 0.2) is 48.8 Å². The fourth-order valence-electron chi connectivity index (χ4n) is 1.32. The third-order valence-electron chi connectivity index (χ3n) is 2.07. The second kappa shape index (κ2) is 5.34. The van der Waals surface area contributed by atoms with E-state index in [9.17, 15) is 0 Å². The average Bonchev–Trinajstić information content (AvgIpc) is 2.30. The molecule has 78 valence electrons. The molecular weight excluding hydrogens is 218 g/mol. The van der Waals surface area contributed by atoms with Crippen LogP contribution in [0.5, 0.6) is 0 Å². The standard InChI is InChI=1S/C14H10ClN/c15-14-8-2-5-12(10-14)4-1-6-13-7-3-9-16-11-13/h2-3,5,7-11H,6H2. The maximum atomic E-state index is 5.86. The van der Waals surface area contributed by atoms with Crippen LogP contribution in [0, 0.1) is 11.8 Å². The first kappa shape index (κ1) is 10.7. The summed E-state index contributed by atoms with van der Waals surface area (Å²) in [6.07, 6.45) is 4.29. The molecular formula is C14H10ClN. The summed E-state index contributed by atoms with van der Waals surface area (Å²) < 4.78 is 0. The van der Waals surface area contributed by atoms with E-state index in [4.69, 9.17) is 11.6 Å². The Morgan fingerprint density at radius 2 is 2.12 bits per heavy atom. The van der Waals surface area contributed by atoms with Gasteiger partial charge in [-0.05, 0) is 29.8 Å². The molecule has 0 atom stereocenters. The van der Waals surface area contributed by atoms with Crippen molar-refractivity contribution in [1.29, 1.82) is 0 Å². The number of rotatable bonds is 1. The third-order valence-corrected chi connectivity index (χ3v) is 2.31. The van der Waals surface area contributed by atoms with Crippen LogP contribution in [0.2, 0.25) is 5.02 Å². The van der Waals surface area contributed by atoms with Gasteiger partial charge in [0.15, 0.2) is 0 Å². The highest BCUT2D eigenvalue weighted by Gasteiger charge is 1.89. The van der Waals surface area contributed by atoms with Crippen LogP contribution in [-0.4, -0.2) is 4.98 Å². The monoisotopic (exact) mass is 227 g/mol. The van der Waals surface area contributed by atoms with Crippen molar-refractivity contribution in [2.75, 3.05) is 0 Å². The van der Waals surface area contributed by atoms with Gasteiger partial charge in [0.2, 0.25) is 0 Å². The van der Waals surface area contributed by atoms with Gasteiger partial charge in [0.1, 0.15) is 0 Å². The zero-order chi connectivity index (χ0) is 11.2. The highest BCUT2D eigenvalue weighted by Crippen LogP contribution is 2.09. The lowest BCUT2D eigenvalue weighted by atomic mass is 10.2. The van der Waals surface area contributed by atoms with Gasteiger partial charge in [0.05, 0.1) is 0 Å². The van der Waals surface area contributed by atoms with Crippen LogP contribution in [0.1, 0.15) is 11.1 Å². The topological polar surface area (TPSA) is 12.9 Å². The van der Waals surface area contributed by atoms with Crippen LogP contribution in [0.3, 0.4) is 0 Å². The molecule has 2 rings (SSSR count). The molecule has 1 heterocycles. The Morgan fingerprint density at radius 3 is 2.88 bits per heavy atom. The lowest BCUT2D eigenvalue weighted by molar-refractivity contribution is 1.21. The largest absolute Gasteiger partial charge is 0.264 e. The molecule has 0 aliphatic carbocycles. The Bertz CT molecular complexity index is 523. The third kappa shape index (κ3) is 3.12. The van der Waals surface area contributed by atoms with Crippen LogP contribution in [0.4, 0.5) is 0 Å². The first-order chi connectivity index (χ1) is 7.84. The second-order valence-corrected chi connectivity index (χ2v) is 3.79. The van der Waals surface area contributed by atoms with E-state index in [1.165, 1.54) is 0 Å². The fourth-order valence-corrected chi connectivity index (χ4v) is 1.51. The summed E-state index contributed by atoms with van der Waals surface area (Å²) in [5, 5.41) is 0.716. The molecule has 0 saturated heterocycles. The van der Waals surface area contributed by atoms with Crippen molar-refractivity contribution in [3.63, 3.8) is 0 Å². The minimum absolute atomic E-state index is 0.709. The summed E-state index contributed by atoms with van der Waals surface area (Å²) in [6, 6.07) is 11.5. The molecule has 2 heteroatoms. The lowest BCUT2D eigenvalue weighted by Gasteiger charge is -1.92. The summed E-state index contributed by atoms with van der Waals surface area (Å²) in [5.74, 6) is 6.17. The van der Waals surface area contributed by atoms with Crippen molar-refractivity contribution in [3.8, 4) is 11.8 Å². The van der Waals surface area contributed by atoms with Crippen LogP contribution in [-0.2, 0) is 6.42 Å². The molecule has 1 nitrogen and oxygen atoms in total. The van der Waals surface area contributed by atoms with Crippen molar-refractivity contribution in [2.45, 2.75) is 6.42 Å². The zero-order valence-electron chi connectivity index (χ0n) is 8.65. The van der Waals surface area contributed by atoms with Crippen molar-refractivity contribution in [2.24, 2.45) is 0 Å². The quantitative estimate of drug-likeness (QED) is 0.681. The molecule has 1 aromatic carbocycles. The maximum Gasteiger partial charge on any atom is 0.0418 e. The van der Waals surface area contributed by atoms with E-state index in [0.717, 1.165) is 11.1 Å². The molecule has 0 bridgehead atoms. The summed E-state index contributed by atoms with van der Waals surface area (Å²) >= 11 is 5.86. The first-order valence-corrected chi connectivity index (χ1v) is 5.36. The molecule has 0 radical (unpaired) electrons. The highest BCUT2D eigenvalue weighted by molar-refractivity contribution is 6.30. The van der Waals surface area contributed by atoms with Gasteiger partial charge >= 0.3 is 0 Å². The van der Waals surface area contributed by atoms with Gasteiger partial charge in [-0.1, -0.05) is 35.6 Å². The van der Waals surface area contributed by atoms with Crippen LogP contribution >= 0.6 is 11.6 Å². The van der Waals surface area contributed by atoms with Crippen molar-refractivity contribution in [3.05, 3.63) is 64.9 Å². The number of halogens is 1. The van der Waals surface area contributed by atoms with Gasteiger partial charge < -0.3 is 0 Å². The smallest absolute Gasteiger partial charge is 0.0418 e. The summed E-state index contributed by atoms with van der Waals surface area (Å²) in [6.45, 7) is 0. The van der Waals surface area contributed by atoms with Crippen molar-refractivity contribution >= 4 is 11.6 Å². The number of aromatic nitrogens is 1. The van der Waals surface area contributed by atoms with E-state index in [2.05, 4.69) is 16.8 Å². The molecule has 0 aliphatic rings. The van der Waals surface area contributed by atoms with Crippen LogP contribution in [0.25, 0.3) is 0 Å². The van der Waals surface area contributed by atoms with E-state index in [-0.39, 0.29) is 0 Å². The number of nitrogens with zero attached hydrogens (tertiary/aromatic N) is 1. The highest BCUT2D eigenvalue weighted by atomic mass is 35.5. The molecule has 0 spiro atoms. The van der Waals surface area contributed by atoms with Gasteiger partial charge in [0, 0.05) is 29.4 Å². The minimum atomic E-state index is 0.709. The molecule has 0 amide bonds. The number of hydrogen-bond donors (Lipinski definition) is 0. The Kier molecular flexibility index (Phi) is 3.58. The molecule has 0 N–H and O–H groups in total. The van der Waals surface area contributed by atoms with Crippen molar-refractivity contribution in [1.82, 2.24) is 4.98 Å². The summed E-state index contributed by atoms with van der Waals surface area (Å²) in [5.41, 5.74) is 2.06. The Balaban J connectivity index is 2.06. The molecule has 0 saturated carbocycles. The summed E-state index contributed by atoms with van der Waals surface area (Å²) in [4.78, 5) is 4.04. The Hall–Kier alpha value is -1.78. The Labute approximate surface area is 100 Å². The van der Waals surface area contributed by atoms with Crippen LogP contribution < -0.4 is 0 Å². The SMILES string of the molecule is Clc1cccc(C#CCc2cccnc2)c1. The van der Waals surface area contributed by atoms with E-state index in [1.54, 1.807) is 6.20 Å². The minimum Gasteiger partial charge on any atom is -0.264 e. The number of pyridine rings is 1. The molecule has 1 aromatic heterocycles. The molecule has 0 fully saturated rings. The predicted octanol–water partition coefficient (Wildman–Crippen LogP) is 3.33. The average molecular weight is 228 g/mol. The van der Waals surface area contributed by atoms with E-state index in [0.29, 0.717) is 11.4 Å². The van der Waals surface area contributed by atoms with Gasteiger partial charge in [-0.25, -0.2) is 0 Å². The number of hydrogen-bond acceptors (Lipinski definition) is 1. The fraction of sp³-hybridized carbons (Fsp3) is 0.0714. The lowest BCUT2D eigenvalue weighted by Crippen LogP contribution is -1.82. The van der Waals surface area contributed by atoms with E-state index >= 15 is 0 Å². The van der Waals surface area contributed by atoms with Crippen molar-refractivity contribution < 1.29 is 0 Å². The van der Waals surface area contributed by atoms with E-state index in [1.807, 2.05) is 42.6 Å². The molecule has 0 unspecified atom stereocenters. The first-order valence-electron chi connectivity index (χ1n) is 4.98. The van der Waals surface area contributed by atoms with E-state index < -0.39 is 0 Å². The zero-order valence-corrected chi connectivity index (χ0v) is 9.41. The van der Waals surface area contributed by atoms with Gasteiger partial charge in [-0.2, -0.15) is 0 Å².